The van der Waals surface area contributed by atoms with Gasteiger partial charge in [0.25, 0.3) is 0 Å². The number of nitrogens with two attached hydrogens (primary N) is 1. The van der Waals surface area contributed by atoms with Crippen LogP contribution in [0.15, 0.2) is 24.3 Å². The molecule has 0 bridgehead atoms. The number of hydrogen-bond acceptors (Lipinski definition) is 3. The van der Waals surface area contributed by atoms with Crippen LogP contribution in [0.3, 0.4) is 0 Å². The zero-order chi connectivity index (χ0) is 9.68. The summed E-state index contributed by atoms with van der Waals surface area (Å²) in [7, 11) is 3.72. The first-order valence-corrected chi connectivity index (χ1v) is 4.29. The molecular weight excluding hydrogens is 164 g/mol. The van der Waals surface area contributed by atoms with E-state index in [1.165, 1.54) is 0 Å². The fourth-order valence-electron chi connectivity index (χ4n) is 1.12. The molecule has 0 fully saturated rings. The van der Waals surface area contributed by atoms with E-state index in [0.717, 1.165) is 24.5 Å². The van der Waals surface area contributed by atoms with Crippen molar-refractivity contribution in [2.24, 2.45) is 0 Å². The van der Waals surface area contributed by atoms with E-state index in [0.29, 0.717) is 0 Å². The Labute approximate surface area is 79.1 Å². The van der Waals surface area contributed by atoms with E-state index >= 15 is 0 Å². The number of nitrogen functional groups attached to an aromatic ring is 1. The molecule has 0 amide bonds. The summed E-state index contributed by atoms with van der Waals surface area (Å²) in [6, 6.07) is 7.82. The molecule has 3 nitrogen and oxygen atoms in total. The van der Waals surface area contributed by atoms with Crippen molar-refractivity contribution in [2.45, 2.75) is 0 Å². The zero-order valence-electron chi connectivity index (χ0n) is 8.16. The quantitative estimate of drug-likeness (QED) is 0.711. The lowest BCUT2D eigenvalue weighted by Crippen LogP contribution is -2.21. The van der Waals surface area contributed by atoms with E-state index in [9.17, 15) is 0 Å². The maximum absolute atomic E-state index is 5.67. The van der Waals surface area contributed by atoms with Crippen LogP contribution in [0.25, 0.3) is 0 Å². The summed E-state index contributed by atoms with van der Waals surface area (Å²) >= 11 is 0. The van der Waals surface area contributed by atoms with Gasteiger partial charge in [-0.3, -0.25) is 0 Å². The van der Waals surface area contributed by atoms with Gasteiger partial charge in [-0.25, -0.2) is 0 Å². The van der Waals surface area contributed by atoms with E-state index in [1.807, 2.05) is 31.3 Å². The van der Waals surface area contributed by atoms with Gasteiger partial charge in [0, 0.05) is 32.1 Å². The highest BCUT2D eigenvalue weighted by Crippen LogP contribution is 2.15. The number of anilines is 2. The molecule has 13 heavy (non-hydrogen) atoms. The minimum Gasteiger partial charge on any atom is -0.399 e. The van der Waals surface area contributed by atoms with Crippen molar-refractivity contribution in [3.63, 3.8) is 0 Å². The average Bonchev–Trinajstić information content (AvgIpc) is 2.14. The number of methoxy groups -OCH3 is 1. The number of hydrogen-bond donors (Lipinski definition) is 1. The van der Waals surface area contributed by atoms with Crippen molar-refractivity contribution in [1.82, 2.24) is 0 Å². The normalized spacial score (nSPS) is 10.0. The summed E-state index contributed by atoms with van der Waals surface area (Å²) in [5.74, 6) is 0. The van der Waals surface area contributed by atoms with Gasteiger partial charge in [-0.1, -0.05) is 6.07 Å². The maximum atomic E-state index is 5.67. The molecule has 0 spiro atoms. The summed E-state index contributed by atoms with van der Waals surface area (Å²) in [5, 5.41) is 0. The molecule has 0 saturated carbocycles. The van der Waals surface area contributed by atoms with Gasteiger partial charge in [0.15, 0.2) is 0 Å². The fourth-order valence-corrected chi connectivity index (χ4v) is 1.12. The van der Waals surface area contributed by atoms with E-state index < -0.39 is 0 Å². The van der Waals surface area contributed by atoms with E-state index in [-0.39, 0.29) is 0 Å². The van der Waals surface area contributed by atoms with Crippen LogP contribution in [0.1, 0.15) is 0 Å². The van der Waals surface area contributed by atoms with Gasteiger partial charge in [-0.05, 0) is 18.2 Å². The first-order chi connectivity index (χ1) is 6.24. The molecule has 0 heterocycles. The van der Waals surface area contributed by atoms with Gasteiger partial charge in [0.2, 0.25) is 0 Å². The van der Waals surface area contributed by atoms with Crippen molar-refractivity contribution in [2.75, 3.05) is 37.9 Å². The molecule has 0 aliphatic rings. The predicted octanol–water partition coefficient (Wildman–Crippen LogP) is 1.35. The summed E-state index contributed by atoms with van der Waals surface area (Å²) in [6.07, 6.45) is 0. The van der Waals surface area contributed by atoms with Crippen molar-refractivity contribution in [3.8, 4) is 0 Å². The third-order valence-electron chi connectivity index (χ3n) is 1.94. The van der Waals surface area contributed by atoms with Crippen LogP contribution in [0.5, 0.6) is 0 Å². The fraction of sp³-hybridized carbons (Fsp3) is 0.400. The maximum Gasteiger partial charge on any atom is 0.0637 e. The topological polar surface area (TPSA) is 38.5 Å². The van der Waals surface area contributed by atoms with Crippen molar-refractivity contribution < 1.29 is 4.74 Å². The minimum absolute atomic E-state index is 0.727. The van der Waals surface area contributed by atoms with Gasteiger partial charge in [-0.2, -0.15) is 0 Å². The van der Waals surface area contributed by atoms with Gasteiger partial charge in [0.05, 0.1) is 6.61 Å². The smallest absolute Gasteiger partial charge is 0.0637 e. The molecule has 72 valence electrons. The highest BCUT2D eigenvalue weighted by Gasteiger charge is 1.99. The Hall–Kier alpha value is -1.22. The summed E-state index contributed by atoms with van der Waals surface area (Å²) in [4.78, 5) is 2.11. The van der Waals surface area contributed by atoms with Crippen molar-refractivity contribution >= 4 is 11.4 Å². The second-order valence-electron chi connectivity index (χ2n) is 3.01. The molecule has 1 rings (SSSR count). The standard InChI is InChI=1S/C10H16N2O/c1-12(6-7-13-2)10-5-3-4-9(11)8-10/h3-5,8H,6-7,11H2,1-2H3. The Kier molecular flexibility index (Phi) is 3.58. The Bertz CT molecular complexity index is 263. The highest BCUT2D eigenvalue weighted by atomic mass is 16.5. The lowest BCUT2D eigenvalue weighted by atomic mass is 10.2. The molecule has 2 N–H and O–H groups in total. The molecule has 0 aromatic heterocycles. The third-order valence-corrected chi connectivity index (χ3v) is 1.94. The van der Waals surface area contributed by atoms with Gasteiger partial charge in [0.1, 0.15) is 0 Å². The molecular formula is C10H16N2O. The Morgan fingerprint density at radius 1 is 1.46 bits per heavy atom. The third kappa shape index (κ3) is 2.95. The lowest BCUT2D eigenvalue weighted by Gasteiger charge is -2.18. The van der Waals surface area contributed by atoms with Gasteiger partial charge in [-0.15, -0.1) is 0 Å². The van der Waals surface area contributed by atoms with Crippen LogP contribution in [0.4, 0.5) is 11.4 Å². The zero-order valence-corrected chi connectivity index (χ0v) is 8.16. The van der Waals surface area contributed by atoms with Crippen molar-refractivity contribution in [3.05, 3.63) is 24.3 Å². The van der Waals surface area contributed by atoms with Gasteiger partial charge < -0.3 is 15.4 Å². The Balaban J connectivity index is 2.60. The minimum atomic E-state index is 0.727. The van der Waals surface area contributed by atoms with Crippen LogP contribution in [0.2, 0.25) is 0 Å². The predicted molar refractivity (Wildman–Crippen MR) is 56.0 cm³/mol. The summed E-state index contributed by atoms with van der Waals surface area (Å²) in [6.45, 7) is 1.60. The van der Waals surface area contributed by atoms with Crippen LogP contribution >= 0.6 is 0 Å². The number of ether oxygens (including phenoxy) is 1. The number of nitrogens with zero attached hydrogens (tertiary/aromatic N) is 1. The molecule has 1 aromatic carbocycles. The number of likely N-dealkylation sites (N-methyl/N-ethyl adjacent to an activating group) is 1. The average molecular weight is 180 g/mol. The van der Waals surface area contributed by atoms with E-state index in [2.05, 4.69) is 4.90 Å². The SMILES string of the molecule is COCCN(C)c1cccc(N)c1. The Morgan fingerprint density at radius 3 is 2.85 bits per heavy atom. The van der Waals surface area contributed by atoms with Gasteiger partial charge >= 0.3 is 0 Å². The molecule has 0 saturated heterocycles. The highest BCUT2D eigenvalue weighted by molar-refractivity contribution is 5.55. The monoisotopic (exact) mass is 180 g/mol. The number of rotatable bonds is 4. The van der Waals surface area contributed by atoms with Crippen LogP contribution < -0.4 is 10.6 Å². The molecule has 3 heteroatoms. The largest absolute Gasteiger partial charge is 0.399 e. The van der Waals surface area contributed by atoms with Crippen LogP contribution in [0, 0.1) is 0 Å². The number of benzene rings is 1. The molecule has 1 aromatic rings. The second kappa shape index (κ2) is 4.72. The summed E-state index contributed by atoms with van der Waals surface area (Å²) in [5.41, 5.74) is 7.58. The lowest BCUT2D eigenvalue weighted by molar-refractivity contribution is 0.206. The first-order valence-electron chi connectivity index (χ1n) is 4.29. The van der Waals surface area contributed by atoms with E-state index in [4.69, 9.17) is 10.5 Å². The second-order valence-corrected chi connectivity index (χ2v) is 3.01. The molecule has 0 unspecified atom stereocenters. The first kappa shape index (κ1) is 9.86. The molecule has 0 atom stereocenters. The van der Waals surface area contributed by atoms with Crippen LogP contribution in [-0.4, -0.2) is 27.3 Å². The molecule has 0 radical (unpaired) electrons. The van der Waals surface area contributed by atoms with Crippen molar-refractivity contribution in [1.29, 1.82) is 0 Å². The molecule has 0 aliphatic heterocycles. The van der Waals surface area contributed by atoms with Crippen LogP contribution in [-0.2, 0) is 4.74 Å². The Morgan fingerprint density at radius 2 is 2.23 bits per heavy atom. The van der Waals surface area contributed by atoms with E-state index in [1.54, 1.807) is 7.11 Å². The molecule has 0 aliphatic carbocycles. The summed E-state index contributed by atoms with van der Waals surface area (Å²) < 4.78 is 4.99.